The van der Waals surface area contributed by atoms with Crippen molar-refractivity contribution in [3.63, 3.8) is 0 Å². The number of rotatable bonds is 3. The van der Waals surface area contributed by atoms with Crippen LogP contribution in [0, 0.1) is 6.92 Å². The molecule has 0 aromatic heterocycles. The molecule has 0 radical (unpaired) electrons. The minimum Gasteiger partial charge on any atom is -0.378 e. The molecular formula is C20H25N3O. The fraction of sp³-hybridized carbons (Fsp3) is 0.350. The molecule has 1 amide bonds. The van der Waals surface area contributed by atoms with Gasteiger partial charge < -0.3 is 14.7 Å². The van der Waals surface area contributed by atoms with Gasteiger partial charge in [0, 0.05) is 57.2 Å². The Bertz CT molecular complexity index is 701. The number of piperazine rings is 1. The van der Waals surface area contributed by atoms with Gasteiger partial charge in [-0.25, -0.2) is 0 Å². The minimum absolute atomic E-state index is 0.140. The van der Waals surface area contributed by atoms with Crippen LogP contribution in [0.25, 0.3) is 0 Å². The quantitative estimate of drug-likeness (QED) is 0.869. The van der Waals surface area contributed by atoms with E-state index in [1.807, 2.05) is 50.2 Å². The van der Waals surface area contributed by atoms with Gasteiger partial charge in [0.25, 0.3) is 5.91 Å². The van der Waals surface area contributed by atoms with Gasteiger partial charge in [0.2, 0.25) is 0 Å². The molecular weight excluding hydrogens is 298 g/mol. The third kappa shape index (κ3) is 3.53. The Hall–Kier alpha value is -2.49. The standard InChI is InChI=1S/C20H25N3O/c1-16-5-4-6-17(15-16)20(24)23-13-11-22(12-14-23)19-9-7-18(8-10-19)21(2)3/h4-10,15H,11-14H2,1-3H3. The molecule has 0 atom stereocenters. The lowest BCUT2D eigenvalue weighted by atomic mass is 10.1. The van der Waals surface area contributed by atoms with Crippen LogP contribution in [0.3, 0.4) is 0 Å². The van der Waals surface area contributed by atoms with Crippen LogP contribution in [0.4, 0.5) is 11.4 Å². The Morgan fingerprint density at radius 3 is 2.21 bits per heavy atom. The van der Waals surface area contributed by atoms with Gasteiger partial charge in [-0.05, 0) is 43.3 Å². The summed E-state index contributed by atoms with van der Waals surface area (Å²) in [5.41, 5.74) is 4.34. The predicted molar refractivity (Wildman–Crippen MR) is 100 cm³/mol. The van der Waals surface area contributed by atoms with Crippen LogP contribution in [0.15, 0.2) is 48.5 Å². The molecule has 126 valence electrons. The van der Waals surface area contributed by atoms with Crippen molar-refractivity contribution in [1.29, 1.82) is 0 Å². The zero-order chi connectivity index (χ0) is 17.1. The van der Waals surface area contributed by atoms with E-state index in [1.54, 1.807) is 0 Å². The number of hydrogen-bond donors (Lipinski definition) is 0. The number of carbonyl (C=O) groups is 1. The predicted octanol–water partition coefficient (Wildman–Crippen LogP) is 3.02. The molecule has 4 heteroatoms. The molecule has 0 N–H and O–H groups in total. The Balaban J connectivity index is 1.62. The molecule has 2 aromatic rings. The summed E-state index contributed by atoms with van der Waals surface area (Å²) in [4.78, 5) is 19.0. The van der Waals surface area contributed by atoms with E-state index in [0.29, 0.717) is 0 Å². The first kappa shape index (κ1) is 16.4. The van der Waals surface area contributed by atoms with Gasteiger partial charge in [-0.15, -0.1) is 0 Å². The summed E-state index contributed by atoms with van der Waals surface area (Å²) in [6.07, 6.45) is 0. The molecule has 4 nitrogen and oxygen atoms in total. The minimum atomic E-state index is 0.140. The highest BCUT2D eigenvalue weighted by Crippen LogP contribution is 2.21. The van der Waals surface area contributed by atoms with Gasteiger partial charge in [-0.3, -0.25) is 4.79 Å². The molecule has 0 saturated carbocycles. The number of anilines is 2. The van der Waals surface area contributed by atoms with E-state index in [9.17, 15) is 4.79 Å². The molecule has 2 aromatic carbocycles. The molecule has 3 rings (SSSR count). The fourth-order valence-electron chi connectivity index (χ4n) is 3.09. The van der Waals surface area contributed by atoms with Gasteiger partial charge in [0.05, 0.1) is 0 Å². The normalized spacial score (nSPS) is 14.6. The summed E-state index contributed by atoms with van der Waals surface area (Å²) in [7, 11) is 4.09. The third-order valence-electron chi connectivity index (χ3n) is 4.56. The summed E-state index contributed by atoms with van der Waals surface area (Å²) in [5, 5.41) is 0. The smallest absolute Gasteiger partial charge is 0.253 e. The fourth-order valence-corrected chi connectivity index (χ4v) is 3.09. The second kappa shape index (κ2) is 6.95. The second-order valence-corrected chi connectivity index (χ2v) is 6.56. The van der Waals surface area contributed by atoms with E-state index < -0.39 is 0 Å². The number of amides is 1. The van der Waals surface area contributed by atoms with E-state index in [4.69, 9.17) is 0 Å². The Kier molecular flexibility index (Phi) is 4.74. The molecule has 0 bridgehead atoms. The summed E-state index contributed by atoms with van der Waals surface area (Å²) in [5.74, 6) is 0.140. The highest BCUT2D eigenvalue weighted by Gasteiger charge is 2.22. The van der Waals surface area contributed by atoms with E-state index in [1.165, 1.54) is 11.4 Å². The molecule has 0 spiro atoms. The van der Waals surface area contributed by atoms with Gasteiger partial charge in [0.1, 0.15) is 0 Å². The molecule has 1 saturated heterocycles. The van der Waals surface area contributed by atoms with Crippen molar-refractivity contribution in [3.05, 3.63) is 59.7 Å². The highest BCUT2D eigenvalue weighted by atomic mass is 16.2. The zero-order valence-electron chi connectivity index (χ0n) is 14.7. The lowest BCUT2D eigenvalue weighted by Gasteiger charge is -2.36. The number of hydrogen-bond acceptors (Lipinski definition) is 3. The van der Waals surface area contributed by atoms with Gasteiger partial charge >= 0.3 is 0 Å². The summed E-state index contributed by atoms with van der Waals surface area (Å²) < 4.78 is 0. The Morgan fingerprint density at radius 1 is 0.958 bits per heavy atom. The SMILES string of the molecule is Cc1cccc(C(=O)N2CCN(c3ccc(N(C)C)cc3)CC2)c1. The molecule has 1 fully saturated rings. The Labute approximate surface area is 144 Å². The molecule has 1 aliphatic rings. The number of nitrogens with zero attached hydrogens (tertiary/aromatic N) is 3. The van der Waals surface area contributed by atoms with Crippen LogP contribution in [0.1, 0.15) is 15.9 Å². The van der Waals surface area contributed by atoms with E-state index in [0.717, 1.165) is 37.3 Å². The highest BCUT2D eigenvalue weighted by molar-refractivity contribution is 5.94. The van der Waals surface area contributed by atoms with Gasteiger partial charge in [-0.2, -0.15) is 0 Å². The third-order valence-corrected chi connectivity index (χ3v) is 4.56. The van der Waals surface area contributed by atoms with Crippen LogP contribution in [-0.2, 0) is 0 Å². The first-order valence-electron chi connectivity index (χ1n) is 8.43. The van der Waals surface area contributed by atoms with Crippen molar-refractivity contribution in [2.75, 3.05) is 50.1 Å². The molecule has 1 heterocycles. The van der Waals surface area contributed by atoms with Gasteiger partial charge in [0.15, 0.2) is 0 Å². The topological polar surface area (TPSA) is 26.8 Å². The van der Waals surface area contributed by atoms with Crippen LogP contribution in [-0.4, -0.2) is 51.1 Å². The van der Waals surface area contributed by atoms with Gasteiger partial charge in [-0.1, -0.05) is 17.7 Å². The molecule has 0 aliphatic carbocycles. The maximum absolute atomic E-state index is 12.6. The summed E-state index contributed by atoms with van der Waals surface area (Å²) in [6.45, 7) is 5.30. The molecule has 0 unspecified atom stereocenters. The van der Waals surface area contributed by atoms with E-state index in [-0.39, 0.29) is 5.91 Å². The lowest BCUT2D eigenvalue weighted by Crippen LogP contribution is -2.48. The van der Waals surface area contributed by atoms with Crippen molar-refractivity contribution in [2.24, 2.45) is 0 Å². The van der Waals surface area contributed by atoms with E-state index >= 15 is 0 Å². The first-order valence-corrected chi connectivity index (χ1v) is 8.43. The van der Waals surface area contributed by atoms with Crippen LogP contribution >= 0.6 is 0 Å². The largest absolute Gasteiger partial charge is 0.378 e. The molecule has 24 heavy (non-hydrogen) atoms. The number of carbonyl (C=O) groups excluding carboxylic acids is 1. The van der Waals surface area contributed by atoms with Crippen molar-refractivity contribution < 1.29 is 4.79 Å². The zero-order valence-corrected chi connectivity index (χ0v) is 14.7. The van der Waals surface area contributed by atoms with Crippen LogP contribution in [0.5, 0.6) is 0 Å². The average Bonchev–Trinajstić information content (AvgIpc) is 2.61. The molecule has 1 aliphatic heterocycles. The first-order chi connectivity index (χ1) is 11.5. The van der Waals surface area contributed by atoms with Crippen LogP contribution < -0.4 is 9.80 Å². The van der Waals surface area contributed by atoms with Crippen LogP contribution in [0.2, 0.25) is 0 Å². The summed E-state index contributed by atoms with van der Waals surface area (Å²) in [6, 6.07) is 16.4. The maximum atomic E-state index is 12.6. The number of benzene rings is 2. The van der Waals surface area contributed by atoms with Crippen molar-refractivity contribution in [3.8, 4) is 0 Å². The van der Waals surface area contributed by atoms with Crippen molar-refractivity contribution in [1.82, 2.24) is 4.90 Å². The van der Waals surface area contributed by atoms with E-state index in [2.05, 4.69) is 34.1 Å². The lowest BCUT2D eigenvalue weighted by molar-refractivity contribution is 0.0746. The van der Waals surface area contributed by atoms with Crippen molar-refractivity contribution in [2.45, 2.75) is 6.92 Å². The average molecular weight is 323 g/mol. The number of aryl methyl sites for hydroxylation is 1. The van der Waals surface area contributed by atoms with Crippen molar-refractivity contribution >= 4 is 17.3 Å². The second-order valence-electron chi connectivity index (χ2n) is 6.56. The maximum Gasteiger partial charge on any atom is 0.253 e. The Morgan fingerprint density at radius 2 is 1.62 bits per heavy atom. The monoisotopic (exact) mass is 323 g/mol. The summed E-state index contributed by atoms with van der Waals surface area (Å²) >= 11 is 0.